The second kappa shape index (κ2) is 6.72. The molecule has 0 spiro atoms. The summed E-state index contributed by atoms with van der Waals surface area (Å²) in [4.78, 5) is 37.2. The van der Waals surface area contributed by atoms with Gasteiger partial charge in [-0.1, -0.05) is 25.6 Å². The van der Waals surface area contributed by atoms with Gasteiger partial charge < -0.3 is 10.3 Å². The van der Waals surface area contributed by atoms with Gasteiger partial charge in [0.15, 0.2) is 10.9 Å². The molecule has 1 atom stereocenters. The summed E-state index contributed by atoms with van der Waals surface area (Å²) in [6, 6.07) is 3.73. The molecule has 0 radical (unpaired) electrons. The van der Waals surface area contributed by atoms with E-state index in [0.29, 0.717) is 33.8 Å². The molecule has 0 fully saturated rings. The third-order valence-electron chi connectivity index (χ3n) is 4.62. The molecule has 2 aromatic rings. The number of carbonyl (C=O) groups excluding carboxylic acids is 1. The minimum atomic E-state index is -0.397. The van der Waals surface area contributed by atoms with E-state index in [4.69, 9.17) is 0 Å². The number of nitrogens with zero attached hydrogens (tertiary/aromatic N) is 2. The van der Waals surface area contributed by atoms with Crippen LogP contribution in [0, 0.1) is 0 Å². The number of rotatable bonds is 3. The van der Waals surface area contributed by atoms with E-state index in [-0.39, 0.29) is 11.3 Å². The van der Waals surface area contributed by atoms with E-state index in [9.17, 15) is 9.59 Å². The van der Waals surface area contributed by atoms with Crippen LogP contribution in [0.5, 0.6) is 0 Å². The van der Waals surface area contributed by atoms with Crippen molar-refractivity contribution in [1.82, 2.24) is 15.0 Å². The number of anilines is 1. The number of aromatic amines is 1. The Morgan fingerprint density at radius 2 is 1.96 bits per heavy atom. The molecule has 2 aromatic heterocycles. The van der Waals surface area contributed by atoms with Crippen LogP contribution in [0.2, 0.25) is 0 Å². The SMILES string of the molecule is CC(C)Sc1nc2c(c(=O)[nH]1)[C@H](c1ccncc1)C1=C(CCCC1=O)N2. The quantitative estimate of drug-likeness (QED) is 0.639. The maximum Gasteiger partial charge on any atom is 0.257 e. The molecular weight excluding hydrogens is 348 g/mol. The van der Waals surface area contributed by atoms with Gasteiger partial charge in [-0.25, -0.2) is 4.98 Å². The Hall–Kier alpha value is -2.41. The summed E-state index contributed by atoms with van der Waals surface area (Å²) < 4.78 is 0. The molecule has 0 saturated carbocycles. The smallest absolute Gasteiger partial charge is 0.257 e. The van der Waals surface area contributed by atoms with Crippen molar-refractivity contribution in [2.75, 3.05) is 5.32 Å². The zero-order valence-electron chi connectivity index (χ0n) is 14.7. The molecule has 0 bridgehead atoms. The lowest BCUT2D eigenvalue weighted by molar-refractivity contribution is -0.116. The second-order valence-electron chi connectivity index (χ2n) is 6.81. The summed E-state index contributed by atoms with van der Waals surface area (Å²) in [5.41, 5.74) is 2.80. The van der Waals surface area contributed by atoms with Gasteiger partial charge in [-0.05, 0) is 30.5 Å². The van der Waals surface area contributed by atoms with Gasteiger partial charge in [0, 0.05) is 41.3 Å². The topological polar surface area (TPSA) is 87.7 Å². The van der Waals surface area contributed by atoms with Gasteiger partial charge in [0.1, 0.15) is 5.82 Å². The van der Waals surface area contributed by atoms with Crippen LogP contribution >= 0.6 is 11.8 Å². The Balaban J connectivity index is 1.92. The molecular formula is C19H20N4O2S. The summed E-state index contributed by atoms with van der Waals surface area (Å²) in [7, 11) is 0. The van der Waals surface area contributed by atoms with Crippen molar-refractivity contribution in [3.8, 4) is 0 Å². The molecule has 0 aromatic carbocycles. The van der Waals surface area contributed by atoms with Crippen LogP contribution in [0.3, 0.4) is 0 Å². The molecule has 2 aliphatic rings. The maximum atomic E-state index is 12.9. The monoisotopic (exact) mass is 368 g/mol. The van der Waals surface area contributed by atoms with Crippen molar-refractivity contribution < 1.29 is 4.79 Å². The molecule has 0 unspecified atom stereocenters. The average molecular weight is 368 g/mol. The minimum absolute atomic E-state index is 0.103. The molecule has 4 rings (SSSR count). The zero-order valence-corrected chi connectivity index (χ0v) is 15.5. The fraction of sp³-hybridized carbons (Fsp3) is 0.368. The molecule has 0 amide bonds. The Bertz CT molecular complexity index is 950. The number of aromatic nitrogens is 3. The molecule has 134 valence electrons. The molecule has 7 heteroatoms. The number of H-pyrrole nitrogens is 1. The molecule has 26 heavy (non-hydrogen) atoms. The predicted octanol–water partition coefficient (Wildman–Crippen LogP) is 3.23. The highest BCUT2D eigenvalue weighted by molar-refractivity contribution is 7.99. The summed E-state index contributed by atoms with van der Waals surface area (Å²) in [6.45, 7) is 4.11. The predicted molar refractivity (Wildman–Crippen MR) is 101 cm³/mol. The maximum absolute atomic E-state index is 12.9. The third-order valence-corrected chi connectivity index (χ3v) is 5.51. The van der Waals surface area contributed by atoms with Crippen molar-refractivity contribution in [1.29, 1.82) is 0 Å². The second-order valence-corrected chi connectivity index (χ2v) is 8.37. The van der Waals surface area contributed by atoms with Crippen molar-refractivity contribution in [3.63, 3.8) is 0 Å². The number of nitrogens with one attached hydrogen (secondary N) is 2. The van der Waals surface area contributed by atoms with Crippen molar-refractivity contribution >= 4 is 23.4 Å². The average Bonchev–Trinajstić information content (AvgIpc) is 2.60. The molecule has 6 nitrogen and oxygen atoms in total. The van der Waals surface area contributed by atoms with E-state index < -0.39 is 5.92 Å². The van der Waals surface area contributed by atoms with Crippen LogP contribution in [0.15, 0.2) is 45.7 Å². The summed E-state index contributed by atoms with van der Waals surface area (Å²) >= 11 is 1.51. The fourth-order valence-electron chi connectivity index (χ4n) is 3.61. The summed E-state index contributed by atoms with van der Waals surface area (Å²) in [6.07, 6.45) is 5.51. The summed E-state index contributed by atoms with van der Waals surface area (Å²) in [5.74, 6) is 0.268. The van der Waals surface area contributed by atoms with Gasteiger partial charge in [-0.2, -0.15) is 0 Å². The number of allylic oxidation sites excluding steroid dienone is 2. The van der Waals surface area contributed by atoms with Crippen LogP contribution in [-0.2, 0) is 4.79 Å². The number of pyridine rings is 1. The highest BCUT2D eigenvalue weighted by Gasteiger charge is 2.37. The third kappa shape index (κ3) is 2.96. The van der Waals surface area contributed by atoms with Gasteiger partial charge in [0.2, 0.25) is 0 Å². The van der Waals surface area contributed by atoms with E-state index in [2.05, 4.69) is 34.1 Å². The highest BCUT2D eigenvalue weighted by Crippen LogP contribution is 2.43. The first-order chi connectivity index (χ1) is 12.5. The Morgan fingerprint density at radius 3 is 2.69 bits per heavy atom. The molecule has 0 saturated heterocycles. The molecule has 3 heterocycles. The largest absolute Gasteiger partial charge is 0.343 e. The Kier molecular flexibility index (Phi) is 4.40. The first kappa shape index (κ1) is 17.0. The van der Waals surface area contributed by atoms with Crippen LogP contribution < -0.4 is 10.9 Å². The van der Waals surface area contributed by atoms with Crippen LogP contribution in [0.1, 0.15) is 50.2 Å². The zero-order chi connectivity index (χ0) is 18.3. The van der Waals surface area contributed by atoms with Crippen LogP contribution in [-0.4, -0.2) is 26.0 Å². The van der Waals surface area contributed by atoms with E-state index >= 15 is 0 Å². The number of thioether (sulfide) groups is 1. The van der Waals surface area contributed by atoms with Gasteiger partial charge in [-0.3, -0.25) is 14.6 Å². The van der Waals surface area contributed by atoms with E-state index in [0.717, 1.165) is 24.1 Å². The highest BCUT2D eigenvalue weighted by atomic mass is 32.2. The minimum Gasteiger partial charge on any atom is -0.343 e. The first-order valence-electron chi connectivity index (χ1n) is 8.78. The fourth-order valence-corrected chi connectivity index (χ4v) is 4.35. The summed E-state index contributed by atoms with van der Waals surface area (Å²) in [5, 5.41) is 4.18. The number of ketones is 1. The van der Waals surface area contributed by atoms with Crippen LogP contribution in [0.25, 0.3) is 0 Å². The lowest BCUT2D eigenvalue weighted by Gasteiger charge is -2.32. The number of hydrogen-bond acceptors (Lipinski definition) is 6. The van der Waals surface area contributed by atoms with Crippen LogP contribution in [0.4, 0.5) is 5.82 Å². The number of Topliss-reactive ketones (excluding diaryl/α,β-unsaturated/α-hetero) is 1. The Labute approximate surface area is 155 Å². The van der Waals surface area contributed by atoms with E-state index in [1.54, 1.807) is 12.4 Å². The van der Waals surface area contributed by atoms with E-state index in [1.165, 1.54) is 11.8 Å². The van der Waals surface area contributed by atoms with Crippen molar-refractivity contribution in [2.24, 2.45) is 0 Å². The number of carbonyl (C=O) groups is 1. The van der Waals surface area contributed by atoms with Crippen molar-refractivity contribution in [3.05, 3.63) is 57.3 Å². The Morgan fingerprint density at radius 1 is 1.19 bits per heavy atom. The molecule has 1 aliphatic heterocycles. The standard InChI is InChI=1S/C19H20N4O2S/c1-10(2)26-19-22-17-16(18(25)23-19)14(11-6-8-20-9-7-11)15-12(21-17)4-3-5-13(15)24/h6-10,14H,3-5H2,1-2H3,(H2,21,22,23,25)/t14-/m1/s1. The van der Waals surface area contributed by atoms with Gasteiger partial charge in [0.05, 0.1) is 5.56 Å². The molecule has 2 N–H and O–H groups in total. The normalized spacial score (nSPS) is 19.2. The van der Waals surface area contributed by atoms with Gasteiger partial charge in [-0.15, -0.1) is 0 Å². The van der Waals surface area contributed by atoms with E-state index in [1.807, 2.05) is 12.1 Å². The number of hydrogen-bond donors (Lipinski definition) is 2. The van der Waals surface area contributed by atoms with Gasteiger partial charge in [0.25, 0.3) is 5.56 Å². The number of fused-ring (bicyclic) bond motifs is 1. The first-order valence-corrected chi connectivity index (χ1v) is 9.66. The molecule has 1 aliphatic carbocycles. The lowest BCUT2D eigenvalue weighted by Crippen LogP contribution is -2.32. The lowest BCUT2D eigenvalue weighted by atomic mass is 9.77. The van der Waals surface area contributed by atoms with Gasteiger partial charge >= 0.3 is 0 Å². The van der Waals surface area contributed by atoms with Crippen molar-refractivity contribution in [2.45, 2.75) is 49.4 Å².